The summed E-state index contributed by atoms with van der Waals surface area (Å²) in [7, 11) is 4.52. The maximum absolute atomic E-state index is 12.6. The lowest BCUT2D eigenvalue weighted by atomic mass is 10.1. The second kappa shape index (κ2) is 6.49. The number of methoxy groups -OCH3 is 3. The van der Waals surface area contributed by atoms with E-state index in [2.05, 4.69) is 10.4 Å². The molecule has 0 bridgehead atoms. The number of carbonyl (C=O) groups excluding carboxylic acids is 1. The highest BCUT2D eigenvalue weighted by atomic mass is 16.5. The monoisotopic (exact) mass is 327 g/mol. The van der Waals surface area contributed by atoms with Gasteiger partial charge >= 0.3 is 0 Å². The topological polar surface area (TPSA) is 74.6 Å². The molecule has 7 heteroatoms. The Morgan fingerprint density at radius 3 is 2.33 bits per heavy atom. The first-order chi connectivity index (χ1) is 11.7. The van der Waals surface area contributed by atoms with Crippen molar-refractivity contribution in [3.8, 4) is 17.2 Å². The van der Waals surface area contributed by atoms with Crippen molar-refractivity contribution in [2.24, 2.45) is 0 Å². The van der Waals surface area contributed by atoms with Crippen molar-refractivity contribution in [1.82, 2.24) is 9.66 Å². The van der Waals surface area contributed by atoms with Crippen LogP contribution in [0.4, 0.5) is 0 Å². The molecule has 0 aliphatic carbocycles. The second-order valence-electron chi connectivity index (χ2n) is 4.96. The molecule has 0 atom stereocenters. The molecule has 3 aromatic rings. The lowest BCUT2D eigenvalue weighted by Crippen LogP contribution is -2.22. The zero-order valence-corrected chi connectivity index (χ0v) is 13.6. The van der Waals surface area contributed by atoms with Gasteiger partial charge in [-0.15, -0.1) is 0 Å². The maximum atomic E-state index is 12.6. The zero-order valence-electron chi connectivity index (χ0n) is 13.6. The van der Waals surface area contributed by atoms with Gasteiger partial charge in [-0.05, 0) is 24.3 Å². The number of para-hydroxylation sites is 2. The smallest absolute Gasteiger partial charge is 0.270 e. The largest absolute Gasteiger partial charge is 0.493 e. The van der Waals surface area contributed by atoms with E-state index < -0.39 is 0 Å². The Morgan fingerprint density at radius 2 is 1.71 bits per heavy atom. The number of fused-ring (bicyclic) bond motifs is 1. The number of nitrogens with zero attached hydrogens (tertiary/aromatic N) is 2. The van der Waals surface area contributed by atoms with Gasteiger partial charge < -0.3 is 14.2 Å². The minimum absolute atomic E-state index is 0.322. The predicted octanol–water partition coefficient (Wildman–Crippen LogP) is 2.45. The fraction of sp³-hybridized carbons (Fsp3) is 0.176. The third-order valence-electron chi connectivity index (χ3n) is 3.60. The van der Waals surface area contributed by atoms with Crippen LogP contribution in [0.5, 0.6) is 17.2 Å². The van der Waals surface area contributed by atoms with Crippen LogP contribution in [0.25, 0.3) is 11.0 Å². The summed E-state index contributed by atoms with van der Waals surface area (Å²) < 4.78 is 17.4. The quantitative estimate of drug-likeness (QED) is 0.779. The Bertz CT molecular complexity index is 863. The van der Waals surface area contributed by atoms with Gasteiger partial charge in [0.1, 0.15) is 6.33 Å². The van der Waals surface area contributed by atoms with Crippen molar-refractivity contribution < 1.29 is 19.0 Å². The molecule has 0 unspecified atom stereocenters. The Hall–Kier alpha value is -3.22. The molecular weight excluding hydrogens is 310 g/mol. The number of amides is 1. The van der Waals surface area contributed by atoms with Gasteiger partial charge in [-0.1, -0.05) is 12.1 Å². The van der Waals surface area contributed by atoms with Crippen molar-refractivity contribution in [2.75, 3.05) is 26.8 Å². The molecule has 0 aliphatic heterocycles. The van der Waals surface area contributed by atoms with E-state index in [0.717, 1.165) is 11.0 Å². The summed E-state index contributed by atoms with van der Waals surface area (Å²) in [5, 5.41) is 0. The van der Waals surface area contributed by atoms with Crippen LogP contribution in [0.1, 0.15) is 10.4 Å². The zero-order chi connectivity index (χ0) is 17.1. The molecule has 1 heterocycles. The molecule has 1 N–H and O–H groups in total. The van der Waals surface area contributed by atoms with Gasteiger partial charge in [0.25, 0.3) is 5.91 Å². The molecule has 2 aromatic carbocycles. The third-order valence-corrected chi connectivity index (χ3v) is 3.60. The minimum atomic E-state index is -0.322. The molecule has 0 fully saturated rings. The summed E-state index contributed by atoms with van der Waals surface area (Å²) in [5.41, 5.74) is 4.76. The first kappa shape index (κ1) is 15.7. The molecule has 24 heavy (non-hydrogen) atoms. The minimum Gasteiger partial charge on any atom is -0.493 e. The number of carbonyl (C=O) groups is 1. The van der Waals surface area contributed by atoms with Gasteiger partial charge in [0.15, 0.2) is 11.5 Å². The number of nitrogens with one attached hydrogen (secondary N) is 1. The van der Waals surface area contributed by atoms with Crippen molar-refractivity contribution >= 4 is 16.9 Å². The summed E-state index contributed by atoms with van der Waals surface area (Å²) in [6.45, 7) is 0. The Balaban J connectivity index is 1.95. The van der Waals surface area contributed by atoms with Gasteiger partial charge in [0.2, 0.25) is 5.75 Å². The number of benzene rings is 2. The first-order valence-corrected chi connectivity index (χ1v) is 7.21. The number of ether oxygens (including phenoxy) is 3. The highest BCUT2D eigenvalue weighted by Crippen LogP contribution is 2.38. The third kappa shape index (κ3) is 2.71. The number of hydrogen-bond acceptors (Lipinski definition) is 5. The molecule has 0 saturated heterocycles. The van der Waals surface area contributed by atoms with Crippen molar-refractivity contribution in [3.05, 3.63) is 48.3 Å². The Labute approximate surface area is 138 Å². The highest BCUT2D eigenvalue weighted by molar-refractivity contribution is 6.01. The molecule has 0 aliphatic rings. The van der Waals surface area contributed by atoms with Crippen molar-refractivity contribution in [1.29, 1.82) is 0 Å². The average molecular weight is 327 g/mol. The predicted molar refractivity (Wildman–Crippen MR) is 89.5 cm³/mol. The van der Waals surface area contributed by atoms with Gasteiger partial charge in [-0.25, -0.2) is 9.66 Å². The summed E-state index contributed by atoms with van der Waals surface area (Å²) in [4.78, 5) is 16.8. The van der Waals surface area contributed by atoms with E-state index >= 15 is 0 Å². The summed E-state index contributed by atoms with van der Waals surface area (Å²) in [5.74, 6) is 0.942. The van der Waals surface area contributed by atoms with E-state index in [-0.39, 0.29) is 5.91 Å². The van der Waals surface area contributed by atoms with Crippen LogP contribution in [-0.2, 0) is 0 Å². The van der Waals surface area contributed by atoms with E-state index in [1.54, 1.807) is 23.1 Å². The molecule has 1 amide bonds. The Kier molecular flexibility index (Phi) is 4.24. The standard InChI is InChI=1S/C17H17N3O4/c1-22-14-8-11(9-15(23-2)16(14)24-3)17(21)19-20-10-18-12-6-4-5-7-13(12)20/h4-10H,1-3H3,(H,19,21). The van der Waals surface area contributed by atoms with E-state index in [9.17, 15) is 4.79 Å². The number of aromatic nitrogens is 2. The van der Waals surface area contributed by atoms with Gasteiger partial charge in [-0.3, -0.25) is 10.2 Å². The summed E-state index contributed by atoms with van der Waals surface area (Å²) >= 11 is 0. The molecule has 3 rings (SSSR count). The fourth-order valence-electron chi connectivity index (χ4n) is 2.43. The molecule has 124 valence electrons. The van der Waals surface area contributed by atoms with E-state index in [1.807, 2.05) is 24.3 Å². The van der Waals surface area contributed by atoms with Gasteiger partial charge in [0, 0.05) is 5.56 Å². The molecule has 1 aromatic heterocycles. The lowest BCUT2D eigenvalue weighted by Gasteiger charge is -2.14. The van der Waals surface area contributed by atoms with Crippen LogP contribution >= 0.6 is 0 Å². The van der Waals surface area contributed by atoms with Crippen LogP contribution < -0.4 is 19.6 Å². The SMILES string of the molecule is COc1cc(C(=O)Nn2cnc3ccccc32)cc(OC)c1OC. The number of rotatable bonds is 5. The van der Waals surface area contributed by atoms with E-state index in [4.69, 9.17) is 14.2 Å². The first-order valence-electron chi connectivity index (χ1n) is 7.21. The fourth-order valence-corrected chi connectivity index (χ4v) is 2.43. The van der Waals surface area contributed by atoms with Crippen molar-refractivity contribution in [2.45, 2.75) is 0 Å². The molecule has 7 nitrogen and oxygen atoms in total. The van der Waals surface area contributed by atoms with Gasteiger partial charge in [0.05, 0.1) is 32.4 Å². The van der Waals surface area contributed by atoms with Gasteiger partial charge in [-0.2, -0.15) is 0 Å². The van der Waals surface area contributed by atoms with Crippen LogP contribution in [0.15, 0.2) is 42.7 Å². The summed E-state index contributed by atoms with van der Waals surface area (Å²) in [6.07, 6.45) is 1.56. The second-order valence-corrected chi connectivity index (χ2v) is 4.96. The van der Waals surface area contributed by atoms with Crippen LogP contribution in [0, 0.1) is 0 Å². The number of hydrogen-bond donors (Lipinski definition) is 1. The number of imidazole rings is 1. The summed E-state index contributed by atoms with van der Waals surface area (Å²) in [6, 6.07) is 10.7. The highest BCUT2D eigenvalue weighted by Gasteiger charge is 2.17. The molecular formula is C17H17N3O4. The molecule has 0 spiro atoms. The van der Waals surface area contributed by atoms with Crippen LogP contribution in [-0.4, -0.2) is 36.9 Å². The van der Waals surface area contributed by atoms with E-state index in [0.29, 0.717) is 22.8 Å². The molecule has 0 saturated carbocycles. The lowest BCUT2D eigenvalue weighted by molar-refractivity contribution is 0.101. The average Bonchev–Trinajstić information content (AvgIpc) is 3.03. The van der Waals surface area contributed by atoms with Crippen molar-refractivity contribution in [3.63, 3.8) is 0 Å². The molecule has 0 radical (unpaired) electrons. The normalized spacial score (nSPS) is 10.5. The van der Waals surface area contributed by atoms with Crippen LogP contribution in [0.3, 0.4) is 0 Å². The maximum Gasteiger partial charge on any atom is 0.270 e. The Morgan fingerprint density at radius 1 is 1.04 bits per heavy atom. The van der Waals surface area contributed by atoms with Crippen LogP contribution in [0.2, 0.25) is 0 Å². The van der Waals surface area contributed by atoms with E-state index in [1.165, 1.54) is 21.3 Å².